The van der Waals surface area contributed by atoms with Gasteiger partial charge in [-0.25, -0.2) is 0 Å². The molecule has 0 spiro atoms. The van der Waals surface area contributed by atoms with Crippen molar-refractivity contribution in [3.63, 3.8) is 0 Å². The van der Waals surface area contributed by atoms with Crippen molar-refractivity contribution >= 4 is 28.9 Å². The molecule has 0 fully saturated rings. The van der Waals surface area contributed by atoms with Crippen LogP contribution in [0.5, 0.6) is 0 Å². The van der Waals surface area contributed by atoms with E-state index in [1.54, 1.807) is 18.2 Å². The standard InChI is InChI=1S/C18H17ClN4O/c1-23(2)17-9-8-13(19)10-15(17)20-18(24)16-11-14(21-22-16)12-6-4-3-5-7-12/h3-11H,1-2H3,(H,20,24)(H,21,22). The van der Waals surface area contributed by atoms with Crippen LogP contribution in [-0.4, -0.2) is 30.2 Å². The fraction of sp³-hybridized carbons (Fsp3) is 0.111. The second-order valence-corrected chi connectivity index (χ2v) is 5.98. The predicted octanol–water partition coefficient (Wildman–Crippen LogP) is 4.05. The maximum absolute atomic E-state index is 12.5. The van der Waals surface area contributed by atoms with Crippen molar-refractivity contribution in [3.05, 3.63) is 65.3 Å². The SMILES string of the molecule is CN(C)c1ccc(Cl)cc1NC(=O)c1cc(-c2ccccc2)n[nH]1. The lowest BCUT2D eigenvalue weighted by molar-refractivity contribution is 0.102. The van der Waals surface area contributed by atoms with Crippen LogP contribution >= 0.6 is 11.6 Å². The number of hydrogen-bond donors (Lipinski definition) is 2. The van der Waals surface area contributed by atoms with Crippen molar-refractivity contribution in [2.45, 2.75) is 0 Å². The molecule has 1 heterocycles. The highest BCUT2D eigenvalue weighted by atomic mass is 35.5. The molecule has 0 atom stereocenters. The number of aromatic amines is 1. The van der Waals surface area contributed by atoms with Crippen LogP contribution in [0.2, 0.25) is 5.02 Å². The largest absolute Gasteiger partial charge is 0.376 e. The summed E-state index contributed by atoms with van der Waals surface area (Å²) in [6.45, 7) is 0. The van der Waals surface area contributed by atoms with E-state index in [4.69, 9.17) is 11.6 Å². The fourth-order valence-corrected chi connectivity index (χ4v) is 2.55. The Morgan fingerprint density at radius 2 is 1.88 bits per heavy atom. The van der Waals surface area contributed by atoms with Gasteiger partial charge in [0, 0.05) is 24.7 Å². The molecule has 122 valence electrons. The summed E-state index contributed by atoms with van der Waals surface area (Å²) in [5, 5.41) is 10.4. The number of carbonyl (C=O) groups excluding carboxylic acids is 1. The summed E-state index contributed by atoms with van der Waals surface area (Å²) in [4.78, 5) is 14.4. The molecule has 1 amide bonds. The first-order valence-electron chi connectivity index (χ1n) is 7.43. The van der Waals surface area contributed by atoms with Crippen LogP contribution in [0.15, 0.2) is 54.6 Å². The Labute approximate surface area is 145 Å². The molecule has 3 aromatic rings. The number of nitrogens with zero attached hydrogens (tertiary/aromatic N) is 2. The minimum Gasteiger partial charge on any atom is -0.376 e. The van der Waals surface area contributed by atoms with Gasteiger partial charge in [0.2, 0.25) is 0 Å². The molecular weight excluding hydrogens is 324 g/mol. The maximum Gasteiger partial charge on any atom is 0.273 e. The Balaban J connectivity index is 1.84. The van der Waals surface area contributed by atoms with Crippen LogP contribution in [0, 0.1) is 0 Å². The third-order valence-electron chi connectivity index (χ3n) is 3.58. The lowest BCUT2D eigenvalue weighted by Gasteiger charge is -2.17. The van der Waals surface area contributed by atoms with Crippen molar-refractivity contribution in [1.82, 2.24) is 10.2 Å². The minimum absolute atomic E-state index is 0.268. The highest BCUT2D eigenvalue weighted by Gasteiger charge is 2.14. The molecule has 0 aliphatic carbocycles. The topological polar surface area (TPSA) is 61.0 Å². The van der Waals surface area contributed by atoms with Crippen LogP contribution in [0.4, 0.5) is 11.4 Å². The molecule has 5 nitrogen and oxygen atoms in total. The third-order valence-corrected chi connectivity index (χ3v) is 3.82. The van der Waals surface area contributed by atoms with E-state index in [9.17, 15) is 4.79 Å². The van der Waals surface area contributed by atoms with E-state index in [0.29, 0.717) is 16.4 Å². The van der Waals surface area contributed by atoms with E-state index in [0.717, 1.165) is 16.9 Å². The number of carbonyl (C=O) groups is 1. The van der Waals surface area contributed by atoms with Crippen LogP contribution in [0.3, 0.4) is 0 Å². The Hall–Kier alpha value is -2.79. The van der Waals surface area contributed by atoms with Crippen LogP contribution in [-0.2, 0) is 0 Å². The van der Waals surface area contributed by atoms with Crippen LogP contribution in [0.1, 0.15) is 10.5 Å². The van der Waals surface area contributed by atoms with Crippen LogP contribution in [0.25, 0.3) is 11.3 Å². The number of benzene rings is 2. The Morgan fingerprint density at radius 1 is 1.12 bits per heavy atom. The molecular formula is C18H17ClN4O. The summed E-state index contributed by atoms with van der Waals surface area (Å²) in [5.41, 5.74) is 3.58. The first-order chi connectivity index (χ1) is 11.5. The van der Waals surface area contributed by atoms with Crippen molar-refractivity contribution in [2.75, 3.05) is 24.3 Å². The van der Waals surface area contributed by atoms with E-state index >= 15 is 0 Å². The van der Waals surface area contributed by atoms with Gasteiger partial charge in [0.25, 0.3) is 5.91 Å². The molecule has 2 aromatic carbocycles. The monoisotopic (exact) mass is 340 g/mol. The van der Waals surface area contributed by atoms with Crippen molar-refractivity contribution in [1.29, 1.82) is 0 Å². The zero-order chi connectivity index (χ0) is 17.1. The van der Waals surface area contributed by atoms with Gasteiger partial charge in [0.15, 0.2) is 0 Å². The first-order valence-corrected chi connectivity index (χ1v) is 7.81. The zero-order valence-electron chi connectivity index (χ0n) is 13.4. The fourth-order valence-electron chi connectivity index (χ4n) is 2.38. The number of amides is 1. The number of anilines is 2. The average Bonchev–Trinajstić information content (AvgIpc) is 3.05. The number of rotatable bonds is 4. The lowest BCUT2D eigenvalue weighted by atomic mass is 10.1. The quantitative estimate of drug-likeness (QED) is 0.753. The molecule has 0 aliphatic rings. The molecule has 0 saturated carbocycles. The van der Waals surface area contributed by atoms with E-state index < -0.39 is 0 Å². The maximum atomic E-state index is 12.5. The highest BCUT2D eigenvalue weighted by molar-refractivity contribution is 6.31. The molecule has 2 N–H and O–H groups in total. The predicted molar refractivity (Wildman–Crippen MR) is 97.8 cm³/mol. The Morgan fingerprint density at radius 3 is 2.58 bits per heavy atom. The van der Waals surface area contributed by atoms with Gasteiger partial charge in [-0.2, -0.15) is 5.10 Å². The molecule has 0 unspecified atom stereocenters. The van der Waals surface area contributed by atoms with Crippen molar-refractivity contribution in [3.8, 4) is 11.3 Å². The van der Waals surface area contributed by atoms with E-state index in [1.807, 2.05) is 55.4 Å². The van der Waals surface area contributed by atoms with Gasteiger partial charge in [-0.3, -0.25) is 9.89 Å². The summed E-state index contributed by atoms with van der Waals surface area (Å²) in [7, 11) is 3.81. The van der Waals surface area contributed by atoms with E-state index in [-0.39, 0.29) is 5.91 Å². The first kappa shape index (κ1) is 16.1. The summed E-state index contributed by atoms with van der Waals surface area (Å²) >= 11 is 6.05. The van der Waals surface area contributed by atoms with E-state index in [1.165, 1.54) is 0 Å². The average molecular weight is 341 g/mol. The molecule has 24 heavy (non-hydrogen) atoms. The summed E-state index contributed by atoms with van der Waals surface area (Å²) in [6.07, 6.45) is 0. The molecule has 0 bridgehead atoms. The summed E-state index contributed by atoms with van der Waals surface area (Å²) < 4.78 is 0. The number of nitrogens with one attached hydrogen (secondary N) is 2. The molecule has 3 rings (SSSR count). The summed E-state index contributed by atoms with van der Waals surface area (Å²) in [5.74, 6) is -0.268. The molecule has 0 saturated heterocycles. The molecule has 0 radical (unpaired) electrons. The third kappa shape index (κ3) is 3.41. The number of hydrogen-bond acceptors (Lipinski definition) is 3. The van der Waals surface area contributed by atoms with Crippen molar-refractivity contribution < 1.29 is 4.79 Å². The zero-order valence-corrected chi connectivity index (χ0v) is 14.1. The lowest BCUT2D eigenvalue weighted by Crippen LogP contribution is -2.17. The molecule has 6 heteroatoms. The van der Waals surface area contributed by atoms with Gasteiger partial charge in [-0.1, -0.05) is 41.9 Å². The molecule has 1 aromatic heterocycles. The van der Waals surface area contributed by atoms with Crippen molar-refractivity contribution in [2.24, 2.45) is 0 Å². The minimum atomic E-state index is -0.268. The Kier molecular flexibility index (Phi) is 4.53. The van der Waals surface area contributed by atoms with Crippen LogP contribution < -0.4 is 10.2 Å². The molecule has 0 aliphatic heterocycles. The van der Waals surface area contributed by atoms with E-state index in [2.05, 4.69) is 15.5 Å². The van der Waals surface area contributed by atoms with Gasteiger partial charge in [0.1, 0.15) is 5.69 Å². The van der Waals surface area contributed by atoms with Gasteiger partial charge in [0.05, 0.1) is 17.1 Å². The number of halogens is 1. The Bertz CT molecular complexity index is 858. The smallest absolute Gasteiger partial charge is 0.273 e. The van der Waals surface area contributed by atoms with Gasteiger partial charge >= 0.3 is 0 Å². The number of H-pyrrole nitrogens is 1. The van der Waals surface area contributed by atoms with Gasteiger partial charge in [-0.15, -0.1) is 0 Å². The second-order valence-electron chi connectivity index (χ2n) is 5.54. The highest BCUT2D eigenvalue weighted by Crippen LogP contribution is 2.28. The van der Waals surface area contributed by atoms with Gasteiger partial charge < -0.3 is 10.2 Å². The van der Waals surface area contributed by atoms with Gasteiger partial charge in [-0.05, 0) is 24.3 Å². The number of aromatic nitrogens is 2. The normalized spacial score (nSPS) is 10.5. The second kappa shape index (κ2) is 6.76. The summed E-state index contributed by atoms with van der Waals surface area (Å²) in [6, 6.07) is 16.8.